The molecule has 1 saturated heterocycles. The van der Waals surface area contributed by atoms with Gasteiger partial charge in [-0.05, 0) is 40.2 Å². The van der Waals surface area contributed by atoms with Gasteiger partial charge in [-0.15, -0.1) is 0 Å². The third kappa shape index (κ3) is 5.01. The van der Waals surface area contributed by atoms with Gasteiger partial charge in [-0.1, -0.05) is 0 Å². The van der Waals surface area contributed by atoms with Crippen molar-refractivity contribution in [3.63, 3.8) is 0 Å². The molecule has 1 aliphatic rings. The molecule has 0 aromatic rings. The monoisotopic (exact) mass is 257 g/mol. The summed E-state index contributed by atoms with van der Waals surface area (Å²) in [6.07, 6.45) is 1.88. The fourth-order valence-corrected chi connectivity index (χ4v) is 2.03. The van der Waals surface area contributed by atoms with E-state index in [9.17, 15) is 9.59 Å². The molecular weight excluding hydrogens is 234 g/mol. The number of likely N-dealkylation sites (tertiary alicyclic amines) is 1. The van der Waals surface area contributed by atoms with Crippen molar-refractivity contribution in [2.45, 2.75) is 45.2 Å². The Morgan fingerprint density at radius 2 is 2.06 bits per heavy atom. The van der Waals surface area contributed by atoms with Gasteiger partial charge in [0.2, 0.25) is 5.91 Å². The minimum Gasteiger partial charge on any atom is -0.395 e. The Hall–Kier alpha value is -1.14. The number of rotatable bonds is 3. The molecule has 6 heteroatoms. The molecule has 3 amide bonds. The van der Waals surface area contributed by atoms with Crippen LogP contribution in [0, 0.1) is 0 Å². The molecule has 1 rings (SSSR count). The molecule has 1 aliphatic heterocycles. The summed E-state index contributed by atoms with van der Waals surface area (Å²) in [5, 5.41) is 14.1. The van der Waals surface area contributed by atoms with E-state index in [1.54, 1.807) is 0 Å². The summed E-state index contributed by atoms with van der Waals surface area (Å²) in [6.45, 7) is 6.54. The molecule has 0 aromatic carbocycles. The summed E-state index contributed by atoms with van der Waals surface area (Å²) in [5.41, 5.74) is -0.369. The number of carbonyl (C=O) groups excluding carboxylic acids is 2. The van der Waals surface area contributed by atoms with E-state index in [0.29, 0.717) is 0 Å². The van der Waals surface area contributed by atoms with Gasteiger partial charge in [-0.2, -0.15) is 0 Å². The van der Waals surface area contributed by atoms with Crippen LogP contribution in [0.5, 0.6) is 0 Å². The molecule has 0 bridgehead atoms. The van der Waals surface area contributed by atoms with Crippen molar-refractivity contribution in [1.29, 1.82) is 0 Å². The second-order valence-electron chi connectivity index (χ2n) is 5.70. The average Bonchev–Trinajstić information content (AvgIpc) is 2.61. The van der Waals surface area contributed by atoms with Crippen molar-refractivity contribution in [3.05, 3.63) is 0 Å². The lowest BCUT2D eigenvalue weighted by molar-refractivity contribution is -0.121. The molecule has 104 valence electrons. The van der Waals surface area contributed by atoms with Crippen molar-refractivity contribution >= 4 is 11.9 Å². The van der Waals surface area contributed by atoms with Crippen LogP contribution in [0.4, 0.5) is 4.79 Å². The van der Waals surface area contributed by atoms with Crippen LogP contribution >= 0.6 is 0 Å². The largest absolute Gasteiger partial charge is 0.395 e. The van der Waals surface area contributed by atoms with Crippen LogP contribution < -0.4 is 10.6 Å². The van der Waals surface area contributed by atoms with Crippen LogP contribution in [0.2, 0.25) is 0 Å². The molecule has 1 atom stereocenters. The first-order valence-electron chi connectivity index (χ1n) is 6.29. The van der Waals surface area contributed by atoms with Crippen molar-refractivity contribution in [3.8, 4) is 0 Å². The minimum atomic E-state index is -0.479. The van der Waals surface area contributed by atoms with Gasteiger partial charge in [0.05, 0.1) is 13.2 Å². The van der Waals surface area contributed by atoms with Gasteiger partial charge in [-0.25, -0.2) is 4.79 Å². The van der Waals surface area contributed by atoms with Crippen LogP contribution in [-0.2, 0) is 4.79 Å². The van der Waals surface area contributed by atoms with Crippen LogP contribution in [0.25, 0.3) is 0 Å². The summed E-state index contributed by atoms with van der Waals surface area (Å²) in [6, 6.07) is -0.436. The van der Waals surface area contributed by atoms with E-state index in [1.165, 1.54) is 0 Å². The summed E-state index contributed by atoms with van der Waals surface area (Å²) in [4.78, 5) is 25.0. The first-order chi connectivity index (χ1) is 8.31. The van der Waals surface area contributed by atoms with E-state index >= 15 is 0 Å². The molecule has 0 spiro atoms. The highest BCUT2D eigenvalue weighted by Crippen LogP contribution is 2.15. The smallest absolute Gasteiger partial charge is 0.321 e. The average molecular weight is 257 g/mol. The fraction of sp³-hybridized carbons (Fsp3) is 0.833. The van der Waals surface area contributed by atoms with Crippen LogP contribution in [-0.4, -0.2) is 53.2 Å². The summed E-state index contributed by atoms with van der Waals surface area (Å²) < 4.78 is 0. The number of nitrogens with one attached hydrogen (secondary N) is 2. The maximum absolute atomic E-state index is 11.7. The van der Waals surface area contributed by atoms with Crippen molar-refractivity contribution in [2.75, 3.05) is 19.7 Å². The van der Waals surface area contributed by atoms with Gasteiger partial charge in [-0.3, -0.25) is 15.0 Å². The zero-order chi connectivity index (χ0) is 13.8. The lowest BCUT2D eigenvalue weighted by Crippen LogP contribution is -2.50. The van der Waals surface area contributed by atoms with Crippen molar-refractivity contribution in [1.82, 2.24) is 15.5 Å². The van der Waals surface area contributed by atoms with Gasteiger partial charge in [0.15, 0.2) is 0 Å². The highest BCUT2D eigenvalue weighted by molar-refractivity contribution is 5.95. The second-order valence-corrected chi connectivity index (χ2v) is 5.70. The Kier molecular flexibility index (Phi) is 5.10. The van der Waals surface area contributed by atoms with E-state index < -0.39 is 6.03 Å². The number of carbonyl (C=O) groups is 2. The molecule has 6 nitrogen and oxygen atoms in total. The molecule has 1 fully saturated rings. The second kappa shape index (κ2) is 6.15. The number of urea groups is 1. The standard InChI is InChI=1S/C12H23N3O3/c1-12(2,3)14-11(18)13-10(17)7-15-6-4-5-9(15)8-16/h9,16H,4-8H2,1-3H3,(H2,13,14,17,18). The van der Waals surface area contributed by atoms with E-state index in [4.69, 9.17) is 5.11 Å². The van der Waals surface area contributed by atoms with Gasteiger partial charge >= 0.3 is 6.03 Å². The first-order valence-corrected chi connectivity index (χ1v) is 6.29. The predicted molar refractivity (Wildman–Crippen MR) is 68.1 cm³/mol. The van der Waals surface area contributed by atoms with Crippen molar-refractivity contribution in [2.24, 2.45) is 0 Å². The molecule has 0 radical (unpaired) electrons. The van der Waals surface area contributed by atoms with Gasteiger partial charge in [0, 0.05) is 11.6 Å². The third-order valence-electron chi connectivity index (χ3n) is 2.80. The number of nitrogens with zero attached hydrogens (tertiary/aromatic N) is 1. The summed E-state index contributed by atoms with van der Waals surface area (Å²) in [5.74, 6) is -0.336. The van der Waals surface area contributed by atoms with Gasteiger partial charge < -0.3 is 10.4 Å². The molecule has 1 heterocycles. The molecular formula is C12H23N3O3. The SMILES string of the molecule is CC(C)(C)NC(=O)NC(=O)CN1CCCC1CO. The highest BCUT2D eigenvalue weighted by atomic mass is 16.3. The lowest BCUT2D eigenvalue weighted by Gasteiger charge is -2.23. The number of aliphatic hydroxyl groups is 1. The maximum Gasteiger partial charge on any atom is 0.321 e. The third-order valence-corrected chi connectivity index (χ3v) is 2.80. The minimum absolute atomic E-state index is 0.0430. The van der Waals surface area contributed by atoms with Crippen molar-refractivity contribution < 1.29 is 14.7 Å². The van der Waals surface area contributed by atoms with Crippen LogP contribution in [0.3, 0.4) is 0 Å². The van der Waals surface area contributed by atoms with Gasteiger partial charge in [0.25, 0.3) is 0 Å². The maximum atomic E-state index is 11.7. The molecule has 0 aromatic heterocycles. The topological polar surface area (TPSA) is 81.7 Å². The van der Waals surface area contributed by atoms with E-state index in [1.807, 2.05) is 25.7 Å². The van der Waals surface area contributed by atoms with Crippen LogP contribution in [0.15, 0.2) is 0 Å². The van der Waals surface area contributed by atoms with Crippen LogP contribution in [0.1, 0.15) is 33.6 Å². The molecule has 0 aliphatic carbocycles. The Morgan fingerprint density at radius 3 is 2.61 bits per heavy atom. The summed E-state index contributed by atoms with van der Waals surface area (Å²) >= 11 is 0. The Morgan fingerprint density at radius 1 is 1.39 bits per heavy atom. The number of amides is 3. The Labute approximate surface area is 108 Å². The number of aliphatic hydroxyl groups excluding tert-OH is 1. The number of imide groups is 1. The molecule has 18 heavy (non-hydrogen) atoms. The highest BCUT2D eigenvalue weighted by Gasteiger charge is 2.26. The Balaban J connectivity index is 2.35. The van der Waals surface area contributed by atoms with E-state index in [2.05, 4.69) is 10.6 Å². The van der Waals surface area contributed by atoms with Gasteiger partial charge in [0.1, 0.15) is 0 Å². The molecule has 3 N–H and O–H groups in total. The summed E-state index contributed by atoms with van der Waals surface area (Å²) in [7, 11) is 0. The normalized spacial score (nSPS) is 20.8. The first kappa shape index (κ1) is 14.9. The zero-order valence-electron chi connectivity index (χ0n) is 11.3. The lowest BCUT2D eigenvalue weighted by atomic mass is 10.1. The molecule has 0 saturated carbocycles. The fourth-order valence-electron chi connectivity index (χ4n) is 2.03. The number of hydrogen-bond acceptors (Lipinski definition) is 4. The molecule has 1 unspecified atom stereocenters. The quantitative estimate of drug-likeness (QED) is 0.668. The predicted octanol–water partition coefficient (Wildman–Crippen LogP) is 0.0674. The Bertz CT molecular complexity index is 312. The number of hydrogen-bond donors (Lipinski definition) is 3. The van der Waals surface area contributed by atoms with E-state index in [-0.39, 0.29) is 30.6 Å². The van der Waals surface area contributed by atoms with E-state index in [0.717, 1.165) is 19.4 Å². The zero-order valence-corrected chi connectivity index (χ0v) is 11.3.